The molecule has 1 atom stereocenters. The van der Waals surface area contributed by atoms with E-state index in [0.717, 1.165) is 4.43 Å². The number of carbonyl (C=O) groups is 1. The van der Waals surface area contributed by atoms with Gasteiger partial charge in [0.2, 0.25) is 0 Å². The molecular formula is C10H14IN3O3. The van der Waals surface area contributed by atoms with Crippen LogP contribution in [0.3, 0.4) is 0 Å². The van der Waals surface area contributed by atoms with Crippen LogP contribution in [0.4, 0.5) is 5.82 Å². The number of hydrogen-bond acceptors (Lipinski definition) is 3. The van der Waals surface area contributed by atoms with Crippen LogP contribution in [0.15, 0.2) is 12.1 Å². The molecule has 0 fully saturated rings. The molecule has 6 nitrogen and oxygen atoms in total. The second-order valence-corrected chi connectivity index (χ2v) is 4.87. The Morgan fingerprint density at radius 1 is 1.59 bits per heavy atom. The van der Waals surface area contributed by atoms with Crippen LogP contribution in [0.1, 0.15) is 24.3 Å². The molecule has 0 aliphatic carbocycles. The molecule has 0 aliphatic heterocycles. The van der Waals surface area contributed by atoms with Crippen LogP contribution in [0, 0.1) is 16.0 Å². The van der Waals surface area contributed by atoms with E-state index in [1.807, 2.05) is 13.8 Å². The van der Waals surface area contributed by atoms with Gasteiger partial charge in [-0.2, -0.15) is 0 Å². The summed E-state index contributed by atoms with van der Waals surface area (Å²) in [6, 6.07) is 2.76. The molecule has 0 bridgehead atoms. The fraction of sp³-hybridized carbons (Fsp3) is 0.500. The van der Waals surface area contributed by atoms with Gasteiger partial charge in [0.25, 0.3) is 5.91 Å². The van der Waals surface area contributed by atoms with Gasteiger partial charge in [-0.1, -0.05) is 36.4 Å². The maximum Gasteiger partial charge on any atom is 0.321 e. The lowest BCUT2D eigenvalue weighted by atomic mass is 10.1. The van der Waals surface area contributed by atoms with Crippen molar-refractivity contribution in [2.75, 3.05) is 4.43 Å². The number of aromatic nitrogens is 1. The number of halogens is 1. The average molecular weight is 351 g/mol. The average Bonchev–Trinajstić information content (AvgIpc) is 2.74. The summed E-state index contributed by atoms with van der Waals surface area (Å²) in [6.07, 6.45) is 0. The van der Waals surface area contributed by atoms with Crippen LogP contribution in [0.25, 0.3) is 0 Å². The highest BCUT2D eigenvalue weighted by atomic mass is 127. The van der Waals surface area contributed by atoms with E-state index in [4.69, 9.17) is 0 Å². The van der Waals surface area contributed by atoms with Crippen LogP contribution in [-0.4, -0.2) is 26.3 Å². The van der Waals surface area contributed by atoms with Crippen LogP contribution < -0.4 is 5.32 Å². The van der Waals surface area contributed by atoms with Crippen molar-refractivity contribution in [1.29, 1.82) is 0 Å². The van der Waals surface area contributed by atoms with E-state index in [9.17, 15) is 14.9 Å². The molecular weight excluding hydrogens is 337 g/mol. The van der Waals surface area contributed by atoms with Crippen molar-refractivity contribution in [1.82, 2.24) is 10.3 Å². The van der Waals surface area contributed by atoms with Gasteiger partial charge in [0.05, 0.1) is 0 Å². The number of alkyl halides is 1. The predicted molar refractivity (Wildman–Crippen MR) is 72.4 cm³/mol. The molecule has 1 unspecified atom stereocenters. The number of aromatic amines is 1. The smallest absolute Gasteiger partial charge is 0.321 e. The van der Waals surface area contributed by atoms with E-state index in [1.54, 1.807) is 0 Å². The van der Waals surface area contributed by atoms with E-state index in [2.05, 4.69) is 32.9 Å². The molecule has 0 radical (unpaired) electrons. The van der Waals surface area contributed by atoms with Crippen molar-refractivity contribution in [2.45, 2.75) is 19.9 Å². The molecule has 1 heterocycles. The Balaban J connectivity index is 2.72. The first kappa shape index (κ1) is 13.9. The van der Waals surface area contributed by atoms with Crippen molar-refractivity contribution in [2.24, 2.45) is 5.92 Å². The summed E-state index contributed by atoms with van der Waals surface area (Å²) < 4.78 is 0.796. The highest BCUT2D eigenvalue weighted by molar-refractivity contribution is 14.1. The quantitative estimate of drug-likeness (QED) is 0.369. The molecule has 94 valence electrons. The lowest BCUT2D eigenvalue weighted by molar-refractivity contribution is -0.389. The van der Waals surface area contributed by atoms with E-state index in [1.165, 1.54) is 12.1 Å². The number of amides is 1. The van der Waals surface area contributed by atoms with Gasteiger partial charge in [0.1, 0.15) is 0 Å². The third-order valence-electron chi connectivity index (χ3n) is 2.40. The Morgan fingerprint density at radius 3 is 2.65 bits per heavy atom. The highest BCUT2D eigenvalue weighted by Gasteiger charge is 2.20. The maximum atomic E-state index is 11.8. The molecule has 1 amide bonds. The molecule has 17 heavy (non-hydrogen) atoms. The van der Waals surface area contributed by atoms with Gasteiger partial charge in [0, 0.05) is 16.5 Å². The lowest BCUT2D eigenvalue weighted by Gasteiger charge is -2.18. The number of H-pyrrole nitrogens is 1. The van der Waals surface area contributed by atoms with Crippen LogP contribution in [0.2, 0.25) is 0 Å². The predicted octanol–water partition coefficient (Wildman–Crippen LogP) is 2.11. The van der Waals surface area contributed by atoms with Crippen LogP contribution >= 0.6 is 22.6 Å². The molecule has 0 spiro atoms. The SMILES string of the molecule is CC(C)C(CI)NC(=O)c1ccc([N+](=O)[O-])[nH]1. The Labute approximate surface area is 112 Å². The number of nitro groups is 1. The van der Waals surface area contributed by atoms with E-state index in [0.29, 0.717) is 5.92 Å². The molecule has 0 aliphatic rings. The summed E-state index contributed by atoms with van der Waals surface area (Å²) in [4.78, 5) is 24.2. The molecule has 0 saturated heterocycles. The summed E-state index contributed by atoms with van der Waals surface area (Å²) in [6.45, 7) is 4.03. The number of hydrogen-bond donors (Lipinski definition) is 2. The topological polar surface area (TPSA) is 88.0 Å². The van der Waals surface area contributed by atoms with E-state index >= 15 is 0 Å². The Hall–Kier alpha value is -1.12. The third kappa shape index (κ3) is 3.69. The number of rotatable bonds is 5. The Bertz CT molecular complexity index is 417. The molecule has 0 aromatic carbocycles. The molecule has 1 rings (SSSR count). The zero-order valence-electron chi connectivity index (χ0n) is 9.57. The summed E-state index contributed by atoms with van der Waals surface area (Å²) in [5.41, 5.74) is 0.215. The van der Waals surface area contributed by atoms with Gasteiger partial charge >= 0.3 is 5.82 Å². The lowest BCUT2D eigenvalue weighted by Crippen LogP contribution is -2.39. The fourth-order valence-corrected chi connectivity index (χ4v) is 2.49. The summed E-state index contributed by atoms with van der Waals surface area (Å²) in [5, 5.41) is 13.3. The highest BCUT2D eigenvalue weighted by Crippen LogP contribution is 2.11. The number of nitrogens with one attached hydrogen (secondary N) is 2. The third-order valence-corrected chi connectivity index (χ3v) is 3.35. The minimum absolute atomic E-state index is 0.0606. The first-order chi connectivity index (χ1) is 7.95. The first-order valence-corrected chi connectivity index (χ1v) is 6.68. The van der Waals surface area contributed by atoms with Crippen LogP contribution in [0.5, 0.6) is 0 Å². The zero-order chi connectivity index (χ0) is 13.0. The van der Waals surface area contributed by atoms with Crippen molar-refractivity contribution in [3.63, 3.8) is 0 Å². The molecule has 7 heteroatoms. The van der Waals surface area contributed by atoms with Crippen molar-refractivity contribution < 1.29 is 9.72 Å². The van der Waals surface area contributed by atoms with Gasteiger partial charge < -0.3 is 15.4 Å². The van der Waals surface area contributed by atoms with Crippen molar-refractivity contribution in [3.05, 3.63) is 27.9 Å². The van der Waals surface area contributed by atoms with Gasteiger partial charge in [0.15, 0.2) is 5.69 Å². The summed E-state index contributed by atoms with van der Waals surface area (Å²) in [5.74, 6) is -0.167. The second kappa shape index (κ2) is 5.99. The Morgan fingerprint density at radius 2 is 2.24 bits per heavy atom. The summed E-state index contributed by atoms with van der Waals surface area (Å²) in [7, 11) is 0. The first-order valence-electron chi connectivity index (χ1n) is 5.16. The Kier molecular flexibility index (Phi) is 4.91. The van der Waals surface area contributed by atoms with Gasteiger partial charge in [-0.25, -0.2) is 4.98 Å². The van der Waals surface area contributed by atoms with Gasteiger partial charge in [-0.05, 0) is 16.9 Å². The van der Waals surface area contributed by atoms with E-state index < -0.39 is 4.92 Å². The van der Waals surface area contributed by atoms with Crippen molar-refractivity contribution in [3.8, 4) is 0 Å². The minimum Gasteiger partial charge on any atom is -0.358 e. The zero-order valence-corrected chi connectivity index (χ0v) is 11.7. The minimum atomic E-state index is -0.560. The standard InChI is InChI=1S/C10H14IN3O3/c1-6(2)8(5-11)13-10(15)7-3-4-9(12-7)14(16)17/h3-4,6,8,12H,5H2,1-2H3,(H,13,15). The van der Waals surface area contributed by atoms with Crippen LogP contribution in [-0.2, 0) is 0 Å². The normalized spacial score (nSPS) is 12.5. The second-order valence-electron chi connectivity index (χ2n) is 3.99. The molecule has 0 saturated carbocycles. The largest absolute Gasteiger partial charge is 0.358 e. The van der Waals surface area contributed by atoms with E-state index in [-0.39, 0.29) is 23.5 Å². The molecule has 2 N–H and O–H groups in total. The summed E-state index contributed by atoms with van der Waals surface area (Å²) >= 11 is 2.20. The number of carbonyl (C=O) groups excluding carboxylic acids is 1. The number of nitrogens with zero attached hydrogens (tertiary/aromatic N) is 1. The maximum absolute atomic E-state index is 11.8. The molecule has 1 aromatic heterocycles. The van der Waals surface area contributed by atoms with Crippen molar-refractivity contribution >= 4 is 34.3 Å². The van der Waals surface area contributed by atoms with Gasteiger partial charge in [-0.15, -0.1) is 0 Å². The fourth-order valence-electron chi connectivity index (χ4n) is 1.25. The monoisotopic (exact) mass is 351 g/mol. The van der Waals surface area contributed by atoms with Gasteiger partial charge in [-0.3, -0.25) is 4.79 Å². The molecule has 1 aromatic rings.